The summed E-state index contributed by atoms with van der Waals surface area (Å²) in [5.41, 5.74) is 7.21. The highest BCUT2D eigenvalue weighted by molar-refractivity contribution is 5.92. The summed E-state index contributed by atoms with van der Waals surface area (Å²) in [5, 5.41) is 2.82. The summed E-state index contributed by atoms with van der Waals surface area (Å²) in [7, 11) is 0. The molecule has 1 fully saturated rings. The van der Waals surface area contributed by atoms with Gasteiger partial charge in [0.1, 0.15) is 5.69 Å². The van der Waals surface area contributed by atoms with Crippen molar-refractivity contribution >= 4 is 30.7 Å². The molecule has 0 saturated heterocycles. The van der Waals surface area contributed by atoms with Gasteiger partial charge in [0.2, 0.25) is 0 Å². The first-order chi connectivity index (χ1) is 7.66. The number of carbonyl (C=O) groups is 1. The fraction of sp³-hybridized carbons (Fsp3) is 0.500. The summed E-state index contributed by atoms with van der Waals surface area (Å²) in [5.74, 6) is 0.463. The number of amides is 1. The van der Waals surface area contributed by atoms with Crippen molar-refractivity contribution < 1.29 is 4.79 Å². The van der Waals surface area contributed by atoms with Crippen LogP contribution in [-0.2, 0) is 0 Å². The minimum atomic E-state index is -0.139. The van der Waals surface area contributed by atoms with Gasteiger partial charge in [0, 0.05) is 18.3 Å². The highest BCUT2D eigenvalue weighted by Crippen LogP contribution is 2.31. The number of nitrogens with two attached hydrogens (primary N) is 1. The first-order valence-corrected chi connectivity index (χ1v) is 5.64. The first kappa shape index (κ1) is 17.2. The molecule has 4 nitrogen and oxygen atoms in total. The Morgan fingerprint density at radius 1 is 1.50 bits per heavy atom. The van der Waals surface area contributed by atoms with Crippen LogP contribution in [0.3, 0.4) is 0 Å². The van der Waals surface area contributed by atoms with Crippen LogP contribution in [0.1, 0.15) is 29.0 Å². The summed E-state index contributed by atoms with van der Waals surface area (Å²) >= 11 is 0. The van der Waals surface area contributed by atoms with Crippen LogP contribution in [-0.4, -0.2) is 23.5 Å². The molecule has 1 heterocycles. The zero-order valence-corrected chi connectivity index (χ0v) is 11.9. The lowest BCUT2D eigenvalue weighted by Crippen LogP contribution is -2.38. The average molecular weight is 292 g/mol. The van der Waals surface area contributed by atoms with Gasteiger partial charge in [-0.15, -0.1) is 24.8 Å². The summed E-state index contributed by atoms with van der Waals surface area (Å²) in [6.45, 7) is 2.41. The Hall–Kier alpha value is -0.840. The largest absolute Gasteiger partial charge is 0.349 e. The molecule has 18 heavy (non-hydrogen) atoms. The van der Waals surface area contributed by atoms with Gasteiger partial charge in [-0.05, 0) is 37.8 Å². The molecule has 6 heteroatoms. The van der Waals surface area contributed by atoms with E-state index < -0.39 is 0 Å². The van der Waals surface area contributed by atoms with Crippen molar-refractivity contribution in [1.82, 2.24) is 10.3 Å². The predicted molar refractivity (Wildman–Crippen MR) is 76.5 cm³/mol. The van der Waals surface area contributed by atoms with Crippen molar-refractivity contribution in [1.29, 1.82) is 0 Å². The molecule has 2 rings (SSSR count). The molecule has 0 radical (unpaired) electrons. The van der Waals surface area contributed by atoms with E-state index in [1.54, 1.807) is 6.07 Å². The molecule has 1 aromatic rings. The van der Waals surface area contributed by atoms with E-state index in [-0.39, 0.29) is 36.8 Å². The lowest BCUT2D eigenvalue weighted by atomic mass is 10.2. The Bertz CT molecular complexity index is 397. The van der Waals surface area contributed by atoms with Crippen molar-refractivity contribution in [2.24, 2.45) is 11.7 Å². The van der Waals surface area contributed by atoms with Gasteiger partial charge in [-0.1, -0.05) is 6.07 Å². The zero-order valence-electron chi connectivity index (χ0n) is 10.3. The Kier molecular flexibility index (Phi) is 7.21. The molecule has 1 aliphatic carbocycles. The van der Waals surface area contributed by atoms with E-state index in [4.69, 9.17) is 5.73 Å². The minimum absolute atomic E-state index is 0. The molecule has 0 aliphatic heterocycles. The Morgan fingerprint density at radius 2 is 2.17 bits per heavy atom. The highest BCUT2D eigenvalue weighted by atomic mass is 35.5. The molecule has 1 atom stereocenters. The Labute approximate surface area is 120 Å². The van der Waals surface area contributed by atoms with Crippen LogP contribution in [0.4, 0.5) is 0 Å². The molecule has 102 valence electrons. The van der Waals surface area contributed by atoms with Crippen molar-refractivity contribution in [3.8, 4) is 0 Å². The molecule has 0 spiro atoms. The molecule has 1 aromatic heterocycles. The van der Waals surface area contributed by atoms with Crippen molar-refractivity contribution in [3.05, 3.63) is 29.6 Å². The second-order valence-electron chi connectivity index (χ2n) is 4.38. The van der Waals surface area contributed by atoms with Crippen molar-refractivity contribution in [2.75, 3.05) is 6.54 Å². The van der Waals surface area contributed by atoms with Crippen LogP contribution in [0.2, 0.25) is 0 Å². The number of halogens is 2. The number of hydrogen-bond acceptors (Lipinski definition) is 3. The van der Waals surface area contributed by atoms with Gasteiger partial charge in [0.15, 0.2) is 0 Å². The van der Waals surface area contributed by atoms with Gasteiger partial charge >= 0.3 is 0 Å². The third-order valence-corrected chi connectivity index (χ3v) is 2.85. The molecule has 3 N–H and O–H groups in total. The molecule has 0 aromatic carbocycles. The van der Waals surface area contributed by atoms with Crippen LogP contribution in [0.15, 0.2) is 18.2 Å². The zero-order chi connectivity index (χ0) is 11.5. The van der Waals surface area contributed by atoms with E-state index in [0.29, 0.717) is 18.2 Å². The van der Waals surface area contributed by atoms with E-state index in [0.717, 1.165) is 5.69 Å². The predicted octanol–water partition coefficient (Wildman–Crippen LogP) is 1.70. The molecule has 0 bridgehead atoms. The molecule has 1 saturated carbocycles. The van der Waals surface area contributed by atoms with Gasteiger partial charge in [0.25, 0.3) is 5.91 Å². The number of rotatable bonds is 4. The summed E-state index contributed by atoms with van der Waals surface area (Å²) in [6, 6.07) is 5.50. The van der Waals surface area contributed by atoms with E-state index in [1.807, 2.05) is 19.1 Å². The van der Waals surface area contributed by atoms with Gasteiger partial charge < -0.3 is 11.1 Å². The van der Waals surface area contributed by atoms with E-state index >= 15 is 0 Å². The lowest BCUT2D eigenvalue weighted by molar-refractivity contribution is 0.0945. The standard InChI is InChI=1S/C12H17N3O.2ClH/c1-8-3-2-4-11(15-8)12(16)14-7-10(13)9-5-6-9;;/h2-4,9-10H,5-7,13H2,1H3,(H,14,16);2*1H. The molecule has 1 amide bonds. The van der Waals surface area contributed by atoms with Gasteiger partial charge in [-0.3, -0.25) is 4.79 Å². The third-order valence-electron chi connectivity index (χ3n) is 2.85. The Morgan fingerprint density at radius 3 is 2.72 bits per heavy atom. The first-order valence-electron chi connectivity index (χ1n) is 5.64. The quantitative estimate of drug-likeness (QED) is 0.887. The monoisotopic (exact) mass is 291 g/mol. The van der Waals surface area contributed by atoms with Crippen molar-refractivity contribution in [3.63, 3.8) is 0 Å². The molecule has 1 aliphatic rings. The number of pyridine rings is 1. The number of aryl methyl sites for hydroxylation is 1. The summed E-state index contributed by atoms with van der Waals surface area (Å²) in [6.07, 6.45) is 2.39. The Balaban J connectivity index is 0.00000144. The van der Waals surface area contributed by atoms with Crippen LogP contribution < -0.4 is 11.1 Å². The number of nitrogens with zero attached hydrogens (tertiary/aromatic N) is 1. The lowest BCUT2D eigenvalue weighted by Gasteiger charge is -2.11. The normalized spacial score (nSPS) is 15.0. The minimum Gasteiger partial charge on any atom is -0.349 e. The van der Waals surface area contributed by atoms with Crippen LogP contribution in [0.5, 0.6) is 0 Å². The second-order valence-corrected chi connectivity index (χ2v) is 4.38. The number of nitrogens with one attached hydrogen (secondary N) is 1. The maximum atomic E-state index is 11.7. The topological polar surface area (TPSA) is 68.0 Å². The number of aromatic nitrogens is 1. The average Bonchev–Trinajstić information content (AvgIpc) is 3.09. The van der Waals surface area contributed by atoms with Crippen LogP contribution in [0, 0.1) is 12.8 Å². The maximum absolute atomic E-state index is 11.7. The van der Waals surface area contributed by atoms with Crippen LogP contribution in [0.25, 0.3) is 0 Å². The van der Waals surface area contributed by atoms with E-state index in [2.05, 4.69) is 10.3 Å². The third kappa shape index (κ3) is 4.80. The van der Waals surface area contributed by atoms with E-state index in [9.17, 15) is 4.79 Å². The van der Waals surface area contributed by atoms with Gasteiger partial charge in [-0.25, -0.2) is 4.98 Å². The van der Waals surface area contributed by atoms with Crippen LogP contribution >= 0.6 is 24.8 Å². The molecular weight excluding hydrogens is 273 g/mol. The fourth-order valence-corrected chi connectivity index (χ4v) is 1.66. The van der Waals surface area contributed by atoms with Crippen molar-refractivity contribution in [2.45, 2.75) is 25.8 Å². The molecular formula is C12H19Cl2N3O. The summed E-state index contributed by atoms with van der Waals surface area (Å²) < 4.78 is 0. The van der Waals surface area contributed by atoms with E-state index in [1.165, 1.54) is 12.8 Å². The number of carbonyl (C=O) groups excluding carboxylic acids is 1. The maximum Gasteiger partial charge on any atom is 0.269 e. The molecule has 1 unspecified atom stereocenters. The smallest absolute Gasteiger partial charge is 0.269 e. The second kappa shape index (κ2) is 7.56. The highest BCUT2D eigenvalue weighted by Gasteiger charge is 2.28. The van der Waals surface area contributed by atoms with Gasteiger partial charge in [0.05, 0.1) is 0 Å². The summed E-state index contributed by atoms with van der Waals surface area (Å²) in [4.78, 5) is 15.9. The number of hydrogen-bond donors (Lipinski definition) is 2. The SMILES string of the molecule is Cc1cccc(C(=O)NCC(N)C2CC2)n1.Cl.Cl. The fourth-order valence-electron chi connectivity index (χ4n) is 1.66. The van der Waals surface area contributed by atoms with Gasteiger partial charge in [-0.2, -0.15) is 0 Å².